The quantitative estimate of drug-likeness (QED) is 0.887. The zero-order valence-corrected chi connectivity index (χ0v) is 13.3. The van der Waals surface area contributed by atoms with Gasteiger partial charge in [-0.05, 0) is 50.1 Å². The highest BCUT2D eigenvalue weighted by Crippen LogP contribution is 2.21. The Bertz CT molecular complexity index is 701. The van der Waals surface area contributed by atoms with Crippen LogP contribution in [0.1, 0.15) is 40.0 Å². The van der Waals surface area contributed by atoms with Crippen molar-refractivity contribution in [1.82, 2.24) is 5.32 Å². The molecule has 2 aromatic rings. The molecule has 0 aromatic heterocycles. The van der Waals surface area contributed by atoms with Crippen molar-refractivity contribution >= 4 is 5.91 Å². The van der Waals surface area contributed by atoms with Crippen LogP contribution in [0.2, 0.25) is 0 Å². The highest BCUT2D eigenvalue weighted by atomic mass is 19.3. The second kappa shape index (κ2) is 7.22. The van der Waals surface area contributed by atoms with Crippen molar-refractivity contribution in [2.45, 2.75) is 33.4 Å². The molecule has 0 heterocycles. The number of amides is 1. The van der Waals surface area contributed by atoms with Gasteiger partial charge in [-0.15, -0.1) is 0 Å². The SMILES string of the molecule is Cc1ccc(C)c(C(=O)NC(C)c2cccc(OC(F)F)c2)c1. The van der Waals surface area contributed by atoms with Crippen LogP contribution in [0.5, 0.6) is 5.75 Å². The molecular weight excluding hydrogens is 300 g/mol. The smallest absolute Gasteiger partial charge is 0.387 e. The summed E-state index contributed by atoms with van der Waals surface area (Å²) in [5, 5.41) is 2.88. The summed E-state index contributed by atoms with van der Waals surface area (Å²) < 4.78 is 28.9. The molecule has 0 spiro atoms. The lowest BCUT2D eigenvalue weighted by atomic mass is 10.0. The van der Waals surface area contributed by atoms with Gasteiger partial charge in [0.1, 0.15) is 5.75 Å². The Balaban J connectivity index is 2.13. The van der Waals surface area contributed by atoms with Gasteiger partial charge in [0.15, 0.2) is 0 Å². The Morgan fingerprint density at radius 3 is 2.57 bits per heavy atom. The largest absolute Gasteiger partial charge is 0.435 e. The highest BCUT2D eigenvalue weighted by Gasteiger charge is 2.14. The third kappa shape index (κ3) is 4.52. The minimum absolute atomic E-state index is 0.0744. The Kier molecular flexibility index (Phi) is 5.32. The van der Waals surface area contributed by atoms with Gasteiger partial charge in [0.05, 0.1) is 6.04 Å². The van der Waals surface area contributed by atoms with Gasteiger partial charge >= 0.3 is 6.61 Å². The number of benzene rings is 2. The molecule has 1 atom stereocenters. The second-order valence-electron chi connectivity index (χ2n) is 5.46. The number of alkyl halides is 2. The summed E-state index contributed by atoms with van der Waals surface area (Å²) in [6.07, 6.45) is 0. The normalized spacial score (nSPS) is 12.1. The molecule has 0 aliphatic heterocycles. The number of rotatable bonds is 5. The number of carbonyl (C=O) groups excluding carboxylic acids is 1. The molecule has 0 radical (unpaired) electrons. The first-order chi connectivity index (χ1) is 10.9. The van der Waals surface area contributed by atoms with Crippen LogP contribution in [-0.4, -0.2) is 12.5 Å². The van der Waals surface area contributed by atoms with Crippen molar-refractivity contribution in [3.63, 3.8) is 0 Å². The minimum atomic E-state index is -2.87. The van der Waals surface area contributed by atoms with Crippen LogP contribution in [0.25, 0.3) is 0 Å². The first kappa shape index (κ1) is 16.9. The maximum Gasteiger partial charge on any atom is 0.387 e. The molecule has 23 heavy (non-hydrogen) atoms. The molecule has 5 heteroatoms. The van der Waals surface area contributed by atoms with Gasteiger partial charge in [-0.1, -0.05) is 29.8 Å². The van der Waals surface area contributed by atoms with Crippen molar-refractivity contribution in [3.8, 4) is 5.75 Å². The van der Waals surface area contributed by atoms with Crippen LogP contribution >= 0.6 is 0 Å². The monoisotopic (exact) mass is 319 g/mol. The lowest BCUT2D eigenvalue weighted by Crippen LogP contribution is -2.27. The first-order valence-corrected chi connectivity index (χ1v) is 7.29. The fourth-order valence-electron chi connectivity index (χ4n) is 2.30. The van der Waals surface area contributed by atoms with Crippen LogP contribution in [0.4, 0.5) is 8.78 Å². The van der Waals surface area contributed by atoms with Gasteiger partial charge in [-0.3, -0.25) is 4.79 Å². The molecule has 1 unspecified atom stereocenters. The fraction of sp³-hybridized carbons (Fsp3) is 0.278. The number of ether oxygens (including phenoxy) is 1. The van der Waals surface area contributed by atoms with E-state index in [1.807, 2.05) is 32.0 Å². The molecule has 2 rings (SSSR count). The van der Waals surface area contributed by atoms with Crippen LogP contribution < -0.4 is 10.1 Å². The third-order valence-corrected chi connectivity index (χ3v) is 3.57. The van der Waals surface area contributed by atoms with E-state index in [9.17, 15) is 13.6 Å². The fourth-order valence-corrected chi connectivity index (χ4v) is 2.30. The molecule has 122 valence electrons. The molecule has 0 aliphatic carbocycles. The highest BCUT2D eigenvalue weighted by molar-refractivity contribution is 5.96. The van der Waals surface area contributed by atoms with Gasteiger partial charge in [-0.2, -0.15) is 8.78 Å². The van der Waals surface area contributed by atoms with Crippen molar-refractivity contribution in [2.75, 3.05) is 0 Å². The molecule has 1 amide bonds. The maximum atomic E-state index is 12.4. The summed E-state index contributed by atoms with van der Waals surface area (Å²) in [5.74, 6) is -0.121. The van der Waals surface area contributed by atoms with E-state index in [0.29, 0.717) is 11.1 Å². The number of hydrogen-bond donors (Lipinski definition) is 1. The van der Waals surface area contributed by atoms with Crippen LogP contribution in [0, 0.1) is 13.8 Å². The molecule has 0 saturated carbocycles. The predicted octanol–water partition coefficient (Wildman–Crippen LogP) is 4.40. The van der Waals surface area contributed by atoms with Crippen molar-refractivity contribution < 1.29 is 18.3 Å². The maximum absolute atomic E-state index is 12.4. The van der Waals surface area contributed by atoms with Crippen molar-refractivity contribution in [3.05, 3.63) is 64.7 Å². The zero-order chi connectivity index (χ0) is 17.0. The van der Waals surface area contributed by atoms with E-state index in [2.05, 4.69) is 10.1 Å². The average molecular weight is 319 g/mol. The Hall–Kier alpha value is -2.43. The van der Waals surface area contributed by atoms with E-state index in [-0.39, 0.29) is 17.7 Å². The molecule has 0 fully saturated rings. The van der Waals surface area contributed by atoms with Crippen LogP contribution in [0.3, 0.4) is 0 Å². The number of carbonyl (C=O) groups is 1. The summed E-state index contributed by atoms with van der Waals surface area (Å²) in [6.45, 7) is 2.72. The van der Waals surface area contributed by atoms with Crippen LogP contribution in [0.15, 0.2) is 42.5 Å². The van der Waals surface area contributed by atoms with E-state index in [1.54, 1.807) is 19.1 Å². The number of hydrogen-bond acceptors (Lipinski definition) is 2. The number of halogens is 2. The Morgan fingerprint density at radius 2 is 1.87 bits per heavy atom. The lowest BCUT2D eigenvalue weighted by Gasteiger charge is -2.16. The topological polar surface area (TPSA) is 38.3 Å². The van der Waals surface area contributed by atoms with Crippen molar-refractivity contribution in [1.29, 1.82) is 0 Å². The molecular formula is C18H19F2NO2. The van der Waals surface area contributed by atoms with Crippen LogP contribution in [-0.2, 0) is 0 Å². The number of nitrogens with one attached hydrogen (secondary N) is 1. The Morgan fingerprint density at radius 1 is 1.13 bits per heavy atom. The lowest BCUT2D eigenvalue weighted by molar-refractivity contribution is -0.0499. The van der Waals surface area contributed by atoms with E-state index in [4.69, 9.17) is 0 Å². The standard InChI is InChI=1S/C18H19F2NO2/c1-11-7-8-12(2)16(9-11)17(22)21-13(3)14-5-4-6-15(10-14)23-18(19)20/h4-10,13,18H,1-3H3,(H,21,22). The summed E-state index contributed by atoms with van der Waals surface area (Å²) in [6, 6.07) is 11.7. The average Bonchev–Trinajstić information content (AvgIpc) is 2.49. The van der Waals surface area contributed by atoms with Gasteiger partial charge in [0.2, 0.25) is 0 Å². The predicted molar refractivity (Wildman–Crippen MR) is 84.9 cm³/mol. The minimum Gasteiger partial charge on any atom is -0.435 e. The van der Waals surface area contributed by atoms with Crippen molar-refractivity contribution in [2.24, 2.45) is 0 Å². The molecule has 0 saturated heterocycles. The Labute approximate surface area is 134 Å². The molecule has 2 aromatic carbocycles. The van der Waals surface area contributed by atoms with Gasteiger partial charge in [-0.25, -0.2) is 0 Å². The van der Waals surface area contributed by atoms with Gasteiger partial charge < -0.3 is 10.1 Å². The zero-order valence-electron chi connectivity index (χ0n) is 13.3. The van der Waals surface area contributed by atoms with Gasteiger partial charge in [0.25, 0.3) is 5.91 Å². The summed E-state index contributed by atoms with van der Waals surface area (Å²) >= 11 is 0. The van der Waals surface area contributed by atoms with Gasteiger partial charge in [0, 0.05) is 5.56 Å². The summed E-state index contributed by atoms with van der Waals surface area (Å²) in [7, 11) is 0. The number of aryl methyl sites for hydroxylation is 2. The summed E-state index contributed by atoms with van der Waals surface area (Å²) in [4.78, 5) is 12.4. The third-order valence-electron chi connectivity index (χ3n) is 3.57. The molecule has 0 bridgehead atoms. The van der Waals surface area contributed by atoms with E-state index < -0.39 is 6.61 Å². The van der Waals surface area contributed by atoms with E-state index in [0.717, 1.165) is 11.1 Å². The van der Waals surface area contributed by atoms with E-state index in [1.165, 1.54) is 12.1 Å². The van der Waals surface area contributed by atoms with E-state index >= 15 is 0 Å². The summed E-state index contributed by atoms with van der Waals surface area (Å²) in [5.41, 5.74) is 3.19. The first-order valence-electron chi connectivity index (χ1n) is 7.29. The molecule has 1 N–H and O–H groups in total. The molecule has 3 nitrogen and oxygen atoms in total. The molecule has 0 aliphatic rings. The second-order valence-corrected chi connectivity index (χ2v) is 5.46.